The molecule has 0 aromatic carbocycles. The third-order valence-electron chi connectivity index (χ3n) is 5.35. The van der Waals surface area contributed by atoms with Gasteiger partial charge in [0.1, 0.15) is 0 Å². The quantitative estimate of drug-likeness (QED) is 0.407. The van der Waals surface area contributed by atoms with Gasteiger partial charge in [0.15, 0.2) is 0 Å². The van der Waals surface area contributed by atoms with Crippen molar-refractivity contribution in [3.8, 4) is 0 Å². The van der Waals surface area contributed by atoms with Gasteiger partial charge in [0.05, 0.1) is 0 Å². The Kier molecular flexibility index (Phi) is 12.8. The lowest BCUT2D eigenvalue weighted by Gasteiger charge is -2.27. The van der Waals surface area contributed by atoms with Crippen LogP contribution in [0, 0.1) is 22.7 Å². The van der Waals surface area contributed by atoms with Crippen LogP contribution in [0.25, 0.3) is 0 Å². The Hall–Kier alpha value is -0.520. The highest BCUT2D eigenvalue weighted by molar-refractivity contribution is 4.93. The van der Waals surface area contributed by atoms with Crippen LogP contribution in [-0.4, -0.2) is 0 Å². The number of hydrogen-bond donors (Lipinski definition) is 0. The van der Waals surface area contributed by atoms with Crippen LogP contribution >= 0.6 is 0 Å². The van der Waals surface area contributed by atoms with Crippen LogP contribution in [0.1, 0.15) is 108 Å². The summed E-state index contributed by atoms with van der Waals surface area (Å²) in [6.45, 7) is 29.0. The van der Waals surface area contributed by atoms with Crippen molar-refractivity contribution in [2.45, 2.75) is 108 Å². The van der Waals surface area contributed by atoms with Gasteiger partial charge in [-0.25, -0.2) is 0 Å². The monoisotopic (exact) mass is 336 g/mol. The van der Waals surface area contributed by atoms with Crippen molar-refractivity contribution >= 4 is 0 Å². The molecular weight excluding hydrogens is 288 g/mol. The molecule has 0 N–H and O–H groups in total. The molecule has 0 aliphatic carbocycles. The summed E-state index contributed by atoms with van der Waals surface area (Å²) in [6, 6.07) is 0. The average molecular weight is 337 g/mol. The zero-order chi connectivity index (χ0) is 19.6. The Morgan fingerprint density at radius 2 is 1.25 bits per heavy atom. The molecule has 0 bridgehead atoms. The summed E-state index contributed by atoms with van der Waals surface area (Å²) in [4.78, 5) is 0. The Bertz CT molecular complexity index is 352. The van der Waals surface area contributed by atoms with Crippen LogP contribution in [-0.2, 0) is 0 Å². The maximum atomic E-state index is 3.91. The first-order chi connectivity index (χ1) is 10.7. The standard InChI is InChI=1S/2C12H24/c2*1-10(2)8-7-9-11(3)12(4,5)6/h8,11H,7,9H2,1-6H3;11H,1,7-9H2,2-6H3. The van der Waals surface area contributed by atoms with Crippen molar-refractivity contribution in [3.05, 3.63) is 23.8 Å². The molecule has 0 fully saturated rings. The third kappa shape index (κ3) is 16.3. The van der Waals surface area contributed by atoms with E-state index >= 15 is 0 Å². The van der Waals surface area contributed by atoms with Gasteiger partial charge >= 0.3 is 0 Å². The van der Waals surface area contributed by atoms with Gasteiger partial charge in [-0.05, 0) is 75.5 Å². The molecule has 0 saturated heterocycles. The van der Waals surface area contributed by atoms with E-state index in [0.717, 1.165) is 11.8 Å². The molecule has 0 aromatic rings. The zero-order valence-electron chi connectivity index (χ0n) is 19.0. The van der Waals surface area contributed by atoms with Crippen molar-refractivity contribution in [2.24, 2.45) is 22.7 Å². The van der Waals surface area contributed by atoms with E-state index in [1.54, 1.807) is 0 Å². The van der Waals surface area contributed by atoms with Gasteiger partial charge < -0.3 is 0 Å². The fraction of sp³-hybridized carbons (Fsp3) is 0.833. The van der Waals surface area contributed by atoms with Gasteiger partial charge in [-0.15, -0.1) is 6.58 Å². The van der Waals surface area contributed by atoms with E-state index in [2.05, 4.69) is 88.8 Å². The molecule has 0 heteroatoms. The Morgan fingerprint density at radius 3 is 1.58 bits per heavy atom. The second-order valence-electron chi connectivity index (χ2n) is 10.2. The van der Waals surface area contributed by atoms with Crippen molar-refractivity contribution in [3.63, 3.8) is 0 Å². The van der Waals surface area contributed by atoms with Crippen LogP contribution in [0.15, 0.2) is 23.8 Å². The minimum atomic E-state index is 0.467. The lowest BCUT2D eigenvalue weighted by atomic mass is 9.79. The van der Waals surface area contributed by atoms with Crippen LogP contribution in [0.2, 0.25) is 0 Å². The van der Waals surface area contributed by atoms with E-state index < -0.39 is 0 Å². The second-order valence-corrected chi connectivity index (χ2v) is 10.2. The summed E-state index contributed by atoms with van der Waals surface area (Å²) in [5.41, 5.74) is 3.69. The molecule has 0 aromatic heterocycles. The SMILES string of the molecule is C=C(C)CCCC(C)C(C)(C)C.CC(C)=CCCC(C)C(C)(C)C. The molecule has 2 atom stereocenters. The first kappa shape index (κ1) is 25.7. The van der Waals surface area contributed by atoms with E-state index in [-0.39, 0.29) is 0 Å². The maximum absolute atomic E-state index is 3.91. The Labute approximate surface area is 155 Å². The smallest absolute Gasteiger partial charge is 0.0326 e. The van der Waals surface area contributed by atoms with Gasteiger partial charge in [-0.3, -0.25) is 0 Å². The first-order valence-corrected chi connectivity index (χ1v) is 9.95. The van der Waals surface area contributed by atoms with Crippen molar-refractivity contribution < 1.29 is 0 Å². The lowest BCUT2D eigenvalue weighted by molar-refractivity contribution is 0.243. The van der Waals surface area contributed by atoms with E-state index in [9.17, 15) is 0 Å². The Balaban J connectivity index is 0. The number of allylic oxidation sites excluding steroid dienone is 3. The minimum Gasteiger partial charge on any atom is -0.100 e. The second kappa shape index (κ2) is 11.9. The molecule has 2 unspecified atom stereocenters. The summed E-state index contributed by atoms with van der Waals surface area (Å²) in [5.74, 6) is 1.63. The van der Waals surface area contributed by atoms with Crippen molar-refractivity contribution in [1.82, 2.24) is 0 Å². The lowest BCUT2D eigenvalue weighted by Crippen LogP contribution is -2.16. The van der Waals surface area contributed by atoms with Crippen molar-refractivity contribution in [2.75, 3.05) is 0 Å². The fourth-order valence-corrected chi connectivity index (χ4v) is 2.20. The number of hydrogen-bond acceptors (Lipinski definition) is 0. The molecule has 0 radical (unpaired) electrons. The van der Waals surface area contributed by atoms with Crippen LogP contribution in [0.3, 0.4) is 0 Å². The average Bonchev–Trinajstić information content (AvgIpc) is 2.36. The van der Waals surface area contributed by atoms with Gasteiger partial charge in [-0.1, -0.05) is 72.6 Å². The third-order valence-corrected chi connectivity index (χ3v) is 5.35. The highest BCUT2D eigenvalue weighted by atomic mass is 14.2. The molecule has 0 heterocycles. The highest BCUT2D eigenvalue weighted by Gasteiger charge is 2.19. The summed E-state index contributed by atoms with van der Waals surface area (Å²) < 4.78 is 0. The van der Waals surface area contributed by atoms with E-state index in [1.165, 1.54) is 43.3 Å². The van der Waals surface area contributed by atoms with Crippen LogP contribution in [0.5, 0.6) is 0 Å². The summed E-state index contributed by atoms with van der Waals surface area (Å²) >= 11 is 0. The molecule has 0 saturated carbocycles. The Morgan fingerprint density at radius 1 is 0.833 bits per heavy atom. The first-order valence-electron chi connectivity index (χ1n) is 9.95. The molecule has 144 valence electrons. The largest absolute Gasteiger partial charge is 0.100 e. The van der Waals surface area contributed by atoms with E-state index in [4.69, 9.17) is 0 Å². The summed E-state index contributed by atoms with van der Waals surface area (Å²) in [6.07, 6.45) is 8.71. The molecule has 0 rings (SSSR count). The van der Waals surface area contributed by atoms with Crippen molar-refractivity contribution in [1.29, 1.82) is 0 Å². The zero-order valence-corrected chi connectivity index (χ0v) is 19.0. The molecule has 0 amide bonds. The van der Waals surface area contributed by atoms with Gasteiger partial charge in [0.25, 0.3) is 0 Å². The van der Waals surface area contributed by atoms with E-state index in [0.29, 0.717) is 10.8 Å². The van der Waals surface area contributed by atoms with Gasteiger partial charge in [0, 0.05) is 0 Å². The fourth-order valence-electron chi connectivity index (χ4n) is 2.20. The maximum Gasteiger partial charge on any atom is -0.0326 e. The number of rotatable bonds is 7. The van der Waals surface area contributed by atoms with Gasteiger partial charge in [0.2, 0.25) is 0 Å². The topological polar surface area (TPSA) is 0 Å². The molecular formula is C24H48. The van der Waals surface area contributed by atoms with E-state index in [1.807, 2.05) is 0 Å². The predicted octanol–water partition coefficient (Wildman–Crippen LogP) is 8.83. The predicted molar refractivity (Wildman–Crippen MR) is 115 cm³/mol. The molecule has 0 aliphatic rings. The van der Waals surface area contributed by atoms with Crippen LogP contribution in [0.4, 0.5) is 0 Å². The highest BCUT2D eigenvalue weighted by Crippen LogP contribution is 2.30. The summed E-state index contributed by atoms with van der Waals surface area (Å²) in [7, 11) is 0. The molecule has 0 aliphatic heterocycles. The molecule has 0 nitrogen and oxygen atoms in total. The van der Waals surface area contributed by atoms with Crippen LogP contribution < -0.4 is 0 Å². The molecule has 0 spiro atoms. The summed E-state index contributed by atoms with van der Waals surface area (Å²) in [5, 5.41) is 0. The minimum absolute atomic E-state index is 0.467. The normalized spacial score (nSPS) is 14.3. The van der Waals surface area contributed by atoms with Gasteiger partial charge in [-0.2, -0.15) is 0 Å². The molecule has 24 heavy (non-hydrogen) atoms.